The maximum atomic E-state index is 12.6. The third-order valence-electron chi connectivity index (χ3n) is 2.36. The molecule has 0 radical (unpaired) electrons. The third-order valence-corrected chi connectivity index (χ3v) is 2.36. The number of halogens is 3. The Kier molecular flexibility index (Phi) is 5.31. The summed E-state index contributed by atoms with van der Waals surface area (Å²) in [7, 11) is 1.51. The van der Waals surface area contributed by atoms with Crippen molar-refractivity contribution in [3.05, 3.63) is 11.8 Å². The number of aromatic nitrogens is 2. The van der Waals surface area contributed by atoms with Gasteiger partial charge >= 0.3 is 6.18 Å². The van der Waals surface area contributed by atoms with Crippen molar-refractivity contribution in [2.75, 3.05) is 24.5 Å². The van der Waals surface area contributed by atoms with Crippen molar-refractivity contribution in [3.8, 4) is 0 Å². The molecule has 4 N–H and O–H groups in total. The molecule has 0 saturated heterocycles. The zero-order chi connectivity index (χ0) is 14.5. The Morgan fingerprint density at radius 2 is 2.11 bits per heavy atom. The molecule has 0 amide bonds. The Bertz CT molecular complexity index is 413. The molecule has 0 aliphatic heterocycles. The van der Waals surface area contributed by atoms with E-state index in [4.69, 9.17) is 10.6 Å². The van der Waals surface area contributed by atoms with E-state index in [0.29, 0.717) is 13.0 Å². The van der Waals surface area contributed by atoms with Gasteiger partial charge in [0.05, 0.1) is 12.6 Å². The number of nitrogens with two attached hydrogens (primary N) is 1. The topological polar surface area (TPSA) is 85.1 Å². The maximum absolute atomic E-state index is 12.6. The van der Waals surface area contributed by atoms with Gasteiger partial charge in [-0.25, -0.2) is 10.8 Å². The van der Waals surface area contributed by atoms with Gasteiger partial charge in [0.1, 0.15) is 5.82 Å². The van der Waals surface area contributed by atoms with Crippen molar-refractivity contribution in [3.63, 3.8) is 0 Å². The smallest absolute Gasteiger partial charge is 0.383 e. The minimum Gasteiger partial charge on any atom is -0.383 e. The first-order chi connectivity index (χ1) is 8.90. The molecule has 1 aromatic heterocycles. The monoisotopic (exact) mass is 279 g/mol. The number of hydrogen-bond donors (Lipinski definition) is 3. The molecule has 0 bridgehead atoms. The Hall–Kier alpha value is -1.61. The first-order valence-electron chi connectivity index (χ1n) is 5.59. The van der Waals surface area contributed by atoms with Gasteiger partial charge in [0, 0.05) is 13.2 Å². The van der Waals surface area contributed by atoms with Crippen molar-refractivity contribution < 1.29 is 17.9 Å². The van der Waals surface area contributed by atoms with Crippen LogP contribution < -0.4 is 16.6 Å². The van der Waals surface area contributed by atoms with Crippen molar-refractivity contribution in [1.29, 1.82) is 0 Å². The minimum absolute atomic E-state index is 0.0409. The van der Waals surface area contributed by atoms with E-state index in [1.165, 1.54) is 7.11 Å². The predicted octanol–water partition coefficient (Wildman–Crippen LogP) is 1.62. The summed E-state index contributed by atoms with van der Waals surface area (Å²) >= 11 is 0. The maximum Gasteiger partial charge on any atom is 0.433 e. The predicted molar refractivity (Wildman–Crippen MR) is 64.4 cm³/mol. The van der Waals surface area contributed by atoms with Crippen LogP contribution in [0.4, 0.5) is 24.9 Å². The number of hydrogen-bond acceptors (Lipinski definition) is 6. The number of nitrogens with zero attached hydrogens (tertiary/aromatic N) is 2. The fourth-order valence-electron chi connectivity index (χ4n) is 1.40. The summed E-state index contributed by atoms with van der Waals surface area (Å²) in [5, 5.41) is 2.85. The average molecular weight is 279 g/mol. The van der Waals surface area contributed by atoms with Gasteiger partial charge in [0.2, 0.25) is 5.95 Å². The lowest BCUT2D eigenvalue weighted by molar-refractivity contribution is -0.141. The zero-order valence-corrected chi connectivity index (χ0v) is 10.6. The van der Waals surface area contributed by atoms with Crippen LogP contribution in [0, 0.1) is 0 Å². The Balaban J connectivity index is 3.00. The quantitative estimate of drug-likeness (QED) is 0.542. The molecule has 1 heterocycles. The highest BCUT2D eigenvalue weighted by atomic mass is 19.4. The number of nitrogen functional groups attached to an aromatic ring is 1. The van der Waals surface area contributed by atoms with Crippen molar-refractivity contribution >= 4 is 11.8 Å². The number of ether oxygens (including phenoxy) is 1. The average Bonchev–Trinajstić information content (AvgIpc) is 2.36. The van der Waals surface area contributed by atoms with E-state index in [1.54, 1.807) is 0 Å². The van der Waals surface area contributed by atoms with Crippen molar-refractivity contribution in [1.82, 2.24) is 9.97 Å². The van der Waals surface area contributed by atoms with Crippen LogP contribution in [-0.2, 0) is 10.9 Å². The normalized spacial score (nSPS) is 13.2. The second-order valence-electron chi connectivity index (χ2n) is 3.81. The molecule has 0 spiro atoms. The van der Waals surface area contributed by atoms with Crippen molar-refractivity contribution in [2.24, 2.45) is 5.84 Å². The SMILES string of the molecule is CCC(COC)Nc1cc(C(F)(F)F)nc(NN)n1. The molecule has 0 fully saturated rings. The zero-order valence-electron chi connectivity index (χ0n) is 10.6. The second kappa shape index (κ2) is 6.53. The molecule has 0 saturated carbocycles. The molecule has 9 heteroatoms. The second-order valence-corrected chi connectivity index (χ2v) is 3.81. The Labute approximate surface area is 108 Å². The van der Waals surface area contributed by atoms with Crippen molar-refractivity contribution in [2.45, 2.75) is 25.6 Å². The summed E-state index contributed by atoms with van der Waals surface area (Å²) in [5.74, 6) is 4.80. The molecule has 0 aliphatic carbocycles. The molecule has 1 atom stereocenters. The molecule has 19 heavy (non-hydrogen) atoms. The molecule has 108 valence electrons. The third kappa shape index (κ3) is 4.52. The molecule has 0 aromatic carbocycles. The fraction of sp³-hybridized carbons (Fsp3) is 0.600. The molecular formula is C10H16F3N5O. The van der Waals surface area contributed by atoms with Gasteiger partial charge in [-0.2, -0.15) is 18.2 Å². The number of alkyl halides is 3. The number of methoxy groups -OCH3 is 1. The van der Waals surface area contributed by atoms with E-state index in [1.807, 2.05) is 12.3 Å². The Morgan fingerprint density at radius 1 is 1.42 bits per heavy atom. The lowest BCUT2D eigenvalue weighted by Crippen LogP contribution is -2.25. The lowest BCUT2D eigenvalue weighted by atomic mass is 10.2. The fourth-order valence-corrected chi connectivity index (χ4v) is 1.40. The molecular weight excluding hydrogens is 263 g/mol. The van der Waals surface area contributed by atoms with Gasteiger partial charge in [0.25, 0.3) is 0 Å². The number of nitrogens with one attached hydrogen (secondary N) is 2. The molecule has 1 aromatic rings. The van der Waals surface area contributed by atoms with Gasteiger partial charge < -0.3 is 10.1 Å². The summed E-state index contributed by atoms with van der Waals surface area (Å²) in [6.45, 7) is 2.23. The van der Waals surface area contributed by atoms with Gasteiger partial charge in [-0.05, 0) is 6.42 Å². The van der Waals surface area contributed by atoms with E-state index in [9.17, 15) is 13.2 Å². The lowest BCUT2D eigenvalue weighted by Gasteiger charge is -2.18. The number of rotatable bonds is 6. The standard InChI is InChI=1S/C10H16F3N5O/c1-3-6(5-19-2)15-8-4-7(10(11,12)13)16-9(17-8)18-14/h4,6H,3,5,14H2,1-2H3,(H2,15,16,17,18). The van der Waals surface area contributed by atoms with Gasteiger partial charge in [-0.3, -0.25) is 5.43 Å². The van der Waals surface area contributed by atoms with E-state index in [2.05, 4.69) is 15.3 Å². The summed E-state index contributed by atoms with van der Waals surface area (Å²) < 4.78 is 42.9. The summed E-state index contributed by atoms with van der Waals surface area (Å²) in [6, 6.07) is 0.686. The minimum atomic E-state index is -4.56. The summed E-state index contributed by atoms with van der Waals surface area (Å²) in [6.07, 6.45) is -3.89. The van der Waals surface area contributed by atoms with Crippen LogP contribution >= 0.6 is 0 Å². The van der Waals surface area contributed by atoms with E-state index in [0.717, 1.165) is 6.07 Å². The number of anilines is 2. The van der Waals surface area contributed by atoms with Crippen LogP contribution in [0.2, 0.25) is 0 Å². The van der Waals surface area contributed by atoms with E-state index < -0.39 is 11.9 Å². The first kappa shape index (κ1) is 15.4. The van der Waals surface area contributed by atoms with Gasteiger partial charge in [-0.1, -0.05) is 6.92 Å². The van der Waals surface area contributed by atoms with E-state index >= 15 is 0 Å². The van der Waals surface area contributed by atoms with Gasteiger partial charge in [-0.15, -0.1) is 0 Å². The van der Waals surface area contributed by atoms with Crippen LogP contribution in [-0.4, -0.2) is 29.7 Å². The number of hydrazine groups is 1. The van der Waals surface area contributed by atoms with Gasteiger partial charge in [0.15, 0.2) is 5.69 Å². The van der Waals surface area contributed by atoms with Crippen LogP contribution in [0.1, 0.15) is 19.0 Å². The van der Waals surface area contributed by atoms with E-state index in [-0.39, 0.29) is 17.8 Å². The molecule has 1 unspecified atom stereocenters. The highest BCUT2D eigenvalue weighted by Gasteiger charge is 2.33. The molecule has 6 nitrogen and oxygen atoms in total. The van der Waals surface area contributed by atoms with Crippen LogP contribution in [0.15, 0.2) is 6.07 Å². The van der Waals surface area contributed by atoms with Crippen LogP contribution in [0.25, 0.3) is 0 Å². The van der Waals surface area contributed by atoms with Crippen LogP contribution in [0.3, 0.4) is 0 Å². The Morgan fingerprint density at radius 3 is 2.58 bits per heavy atom. The highest BCUT2D eigenvalue weighted by Crippen LogP contribution is 2.29. The summed E-state index contributed by atoms with van der Waals surface area (Å²) in [4.78, 5) is 7.08. The first-order valence-corrected chi connectivity index (χ1v) is 5.59. The molecule has 1 rings (SSSR count). The van der Waals surface area contributed by atoms with Crippen LogP contribution in [0.5, 0.6) is 0 Å². The largest absolute Gasteiger partial charge is 0.433 e. The summed E-state index contributed by atoms with van der Waals surface area (Å²) in [5.41, 5.74) is 0.945. The molecule has 0 aliphatic rings. The highest BCUT2D eigenvalue weighted by molar-refractivity contribution is 5.43.